The molecule has 0 unspecified atom stereocenters. The summed E-state index contributed by atoms with van der Waals surface area (Å²) >= 11 is 1.52. The molecule has 1 aromatic heterocycles. The highest BCUT2D eigenvalue weighted by Gasteiger charge is 2.28. The number of carbonyl (C=O) groups is 1. The minimum atomic E-state index is 0.0284. The van der Waals surface area contributed by atoms with Gasteiger partial charge in [0.1, 0.15) is 5.75 Å². The van der Waals surface area contributed by atoms with Crippen molar-refractivity contribution in [3.63, 3.8) is 0 Å². The molecule has 0 bridgehead atoms. The maximum atomic E-state index is 11.7. The van der Waals surface area contributed by atoms with Gasteiger partial charge in [-0.3, -0.25) is 4.79 Å². The summed E-state index contributed by atoms with van der Waals surface area (Å²) in [6.45, 7) is 1.57. The minimum Gasteiger partial charge on any atom is -0.497 e. The van der Waals surface area contributed by atoms with Crippen molar-refractivity contribution in [2.75, 3.05) is 12.8 Å². The summed E-state index contributed by atoms with van der Waals surface area (Å²) in [6, 6.07) is 5.99. The van der Waals surface area contributed by atoms with E-state index in [2.05, 4.69) is 6.07 Å². The van der Waals surface area contributed by atoms with Gasteiger partial charge in [-0.2, -0.15) is 0 Å². The number of ketones is 1. The van der Waals surface area contributed by atoms with Gasteiger partial charge in [0.05, 0.1) is 17.7 Å². The van der Waals surface area contributed by atoms with Crippen LogP contribution in [0.4, 0.5) is 5.00 Å². The predicted molar refractivity (Wildman–Crippen MR) is 73.5 cm³/mol. The molecule has 1 heterocycles. The molecule has 0 saturated carbocycles. The zero-order valence-electron chi connectivity index (χ0n) is 10.2. The van der Waals surface area contributed by atoms with Crippen molar-refractivity contribution >= 4 is 22.1 Å². The van der Waals surface area contributed by atoms with Crippen LogP contribution < -0.4 is 10.5 Å². The Labute approximate surface area is 109 Å². The lowest BCUT2D eigenvalue weighted by Crippen LogP contribution is -1.97. The summed E-state index contributed by atoms with van der Waals surface area (Å²) in [5, 5.41) is 0.626. The van der Waals surface area contributed by atoms with E-state index in [-0.39, 0.29) is 5.78 Å². The average Bonchev–Trinajstić information content (AvgIpc) is 2.82. The Hall–Kier alpha value is -1.81. The molecule has 1 aliphatic rings. The molecule has 0 amide bonds. The smallest absolute Gasteiger partial charge is 0.163 e. The summed E-state index contributed by atoms with van der Waals surface area (Å²) in [5.74, 6) is 0.835. The van der Waals surface area contributed by atoms with Gasteiger partial charge in [-0.15, -0.1) is 11.3 Å². The van der Waals surface area contributed by atoms with Crippen LogP contribution in [0.15, 0.2) is 18.2 Å². The summed E-state index contributed by atoms with van der Waals surface area (Å²) in [7, 11) is 1.64. The van der Waals surface area contributed by atoms with Gasteiger partial charge in [0, 0.05) is 16.9 Å². The second kappa shape index (κ2) is 3.85. The first-order valence-corrected chi connectivity index (χ1v) is 6.53. The number of hydrogen-bond donors (Lipinski definition) is 1. The van der Waals surface area contributed by atoms with E-state index in [1.807, 2.05) is 12.1 Å². The van der Waals surface area contributed by atoms with Crippen molar-refractivity contribution in [1.29, 1.82) is 0 Å². The van der Waals surface area contributed by atoms with Crippen LogP contribution >= 0.6 is 11.3 Å². The number of thiophene rings is 1. The van der Waals surface area contributed by atoms with E-state index in [4.69, 9.17) is 10.5 Å². The second-order valence-electron chi connectivity index (χ2n) is 4.40. The van der Waals surface area contributed by atoms with Crippen molar-refractivity contribution in [2.24, 2.45) is 0 Å². The number of methoxy groups -OCH3 is 1. The van der Waals surface area contributed by atoms with Crippen LogP contribution in [0.25, 0.3) is 11.1 Å². The first-order valence-electron chi connectivity index (χ1n) is 5.71. The molecule has 0 fully saturated rings. The third kappa shape index (κ3) is 1.46. The second-order valence-corrected chi connectivity index (χ2v) is 5.53. The molecule has 1 aromatic carbocycles. The Bertz CT molecular complexity index is 658. The number of nitrogen functional groups attached to an aromatic ring is 1. The third-order valence-corrected chi connectivity index (χ3v) is 4.32. The summed E-state index contributed by atoms with van der Waals surface area (Å²) < 4.78 is 5.25. The fourth-order valence-corrected chi connectivity index (χ4v) is 3.65. The Morgan fingerprint density at radius 3 is 2.89 bits per heavy atom. The molecule has 92 valence electrons. The molecular formula is C14H13NO2S. The van der Waals surface area contributed by atoms with E-state index >= 15 is 0 Å². The number of fused-ring (bicyclic) bond motifs is 3. The maximum Gasteiger partial charge on any atom is 0.163 e. The van der Waals surface area contributed by atoms with E-state index in [1.54, 1.807) is 14.0 Å². The van der Waals surface area contributed by atoms with E-state index in [1.165, 1.54) is 21.8 Å². The van der Waals surface area contributed by atoms with E-state index in [9.17, 15) is 4.79 Å². The Morgan fingerprint density at radius 2 is 2.22 bits per heavy atom. The van der Waals surface area contributed by atoms with Gasteiger partial charge in [-0.05, 0) is 30.2 Å². The SMILES string of the molecule is COc1ccc2c(c1)-c1c(sc(N)c1C(C)=O)C2. The molecule has 0 atom stereocenters. The van der Waals surface area contributed by atoms with Gasteiger partial charge in [0.15, 0.2) is 5.78 Å². The van der Waals surface area contributed by atoms with Gasteiger partial charge in [-0.25, -0.2) is 0 Å². The van der Waals surface area contributed by atoms with Gasteiger partial charge >= 0.3 is 0 Å². The fourth-order valence-electron chi connectivity index (χ4n) is 2.50. The third-order valence-electron chi connectivity index (χ3n) is 3.30. The summed E-state index contributed by atoms with van der Waals surface area (Å²) in [6.07, 6.45) is 0.858. The molecule has 0 radical (unpaired) electrons. The molecular weight excluding hydrogens is 246 g/mol. The Morgan fingerprint density at radius 1 is 1.44 bits per heavy atom. The van der Waals surface area contributed by atoms with Gasteiger partial charge < -0.3 is 10.5 Å². The lowest BCUT2D eigenvalue weighted by molar-refractivity contribution is 0.101. The molecule has 2 N–H and O–H groups in total. The van der Waals surface area contributed by atoms with Crippen molar-refractivity contribution in [2.45, 2.75) is 13.3 Å². The molecule has 4 heteroatoms. The van der Waals surface area contributed by atoms with Gasteiger partial charge in [0.2, 0.25) is 0 Å². The molecule has 0 spiro atoms. The van der Waals surface area contributed by atoms with Crippen LogP contribution in [0.2, 0.25) is 0 Å². The van der Waals surface area contributed by atoms with E-state index in [0.717, 1.165) is 23.3 Å². The molecule has 1 aliphatic carbocycles. The maximum absolute atomic E-state index is 11.7. The molecule has 3 nitrogen and oxygen atoms in total. The van der Waals surface area contributed by atoms with Crippen molar-refractivity contribution in [1.82, 2.24) is 0 Å². The summed E-state index contributed by atoms with van der Waals surface area (Å²) in [5.41, 5.74) is 9.95. The molecule has 0 aliphatic heterocycles. The van der Waals surface area contributed by atoms with Crippen LogP contribution in [0.5, 0.6) is 5.75 Å². The first kappa shape index (κ1) is 11.3. The predicted octanol–water partition coefficient (Wildman–Crippen LogP) is 3.11. The van der Waals surface area contributed by atoms with Crippen LogP contribution in [0.3, 0.4) is 0 Å². The number of ether oxygens (including phenoxy) is 1. The Kier molecular flexibility index (Phi) is 2.41. The highest BCUT2D eigenvalue weighted by Crippen LogP contribution is 2.47. The van der Waals surface area contributed by atoms with Gasteiger partial charge in [-0.1, -0.05) is 6.07 Å². The van der Waals surface area contributed by atoms with E-state index < -0.39 is 0 Å². The first-order chi connectivity index (χ1) is 8.61. The number of benzene rings is 1. The quantitative estimate of drug-likeness (QED) is 0.719. The highest BCUT2D eigenvalue weighted by atomic mass is 32.1. The lowest BCUT2D eigenvalue weighted by atomic mass is 10.0. The molecule has 0 saturated heterocycles. The topological polar surface area (TPSA) is 52.3 Å². The zero-order valence-corrected chi connectivity index (χ0v) is 11.1. The van der Waals surface area contributed by atoms with Crippen molar-refractivity contribution < 1.29 is 9.53 Å². The average molecular weight is 259 g/mol. The summed E-state index contributed by atoms with van der Waals surface area (Å²) in [4.78, 5) is 12.9. The Balaban J connectivity index is 2.27. The van der Waals surface area contributed by atoms with E-state index in [0.29, 0.717) is 10.6 Å². The normalized spacial score (nSPS) is 12.1. The minimum absolute atomic E-state index is 0.0284. The molecule has 2 aromatic rings. The highest BCUT2D eigenvalue weighted by molar-refractivity contribution is 7.17. The number of Topliss-reactive ketones (excluding diaryl/α,β-unsaturated/α-hetero) is 1. The lowest BCUT2D eigenvalue weighted by Gasteiger charge is -2.06. The van der Waals surface area contributed by atoms with Crippen LogP contribution in [0.1, 0.15) is 27.7 Å². The number of hydrogen-bond acceptors (Lipinski definition) is 4. The van der Waals surface area contributed by atoms with Crippen molar-refractivity contribution in [3.05, 3.63) is 34.2 Å². The van der Waals surface area contributed by atoms with Crippen LogP contribution in [-0.4, -0.2) is 12.9 Å². The van der Waals surface area contributed by atoms with Gasteiger partial charge in [0.25, 0.3) is 0 Å². The molecule has 18 heavy (non-hydrogen) atoms. The number of anilines is 1. The largest absolute Gasteiger partial charge is 0.497 e. The molecule has 3 rings (SSSR count). The number of rotatable bonds is 2. The number of nitrogens with two attached hydrogens (primary N) is 1. The van der Waals surface area contributed by atoms with Crippen LogP contribution in [-0.2, 0) is 6.42 Å². The van der Waals surface area contributed by atoms with Crippen molar-refractivity contribution in [3.8, 4) is 16.9 Å². The number of carbonyl (C=O) groups excluding carboxylic acids is 1. The zero-order chi connectivity index (χ0) is 12.9. The monoisotopic (exact) mass is 259 g/mol. The standard InChI is InChI=1S/C14H13NO2S/c1-7(16)12-13-10-6-9(17-2)4-3-8(10)5-11(13)18-14(12)15/h3-4,6H,5,15H2,1-2H3. The fraction of sp³-hybridized carbons (Fsp3) is 0.214. The van der Waals surface area contributed by atoms with Crippen LogP contribution in [0, 0.1) is 0 Å².